The van der Waals surface area contributed by atoms with Gasteiger partial charge in [0.1, 0.15) is 6.54 Å². The molecule has 0 radical (unpaired) electrons. The fourth-order valence-electron chi connectivity index (χ4n) is 1.22. The second kappa shape index (κ2) is 8.35. The molecule has 1 aromatic carbocycles. The molecule has 0 fully saturated rings. The monoisotopic (exact) mass is 485 g/mol. The van der Waals surface area contributed by atoms with E-state index in [2.05, 4.69) is 63.7 Å². The van der Waals surface area contributed by atoms with Crippen LogP contribution in [-0.2, 0) is 9.59 Å². The molecule has 21 heavy (non-hydrogen) atoms. The summed E-state index contributed by atoms with van der Waals surface area (Å²) < 4.78 is 2.11. The highest BCUT2D eigenvalue weighted by Crippen LogP contribution is 2.34. The lowest BCUT2D eigenvalue weighted by atomic mass is 10.3. The standard InChI is InChI=1S/C11H10Br3N3O4/c12-5-1-6(13)10(7(14)2-5)17-11(21)16-3-8(18)15-4-9(19)20/h1-2H,3-4H2,(H,15,18)(H,19,20)(H2,16,17,21). The minimum Gasteiger partial charge on any atom is -0.480 e. The smallest absolute Gasteiger partial charge is 0.322 e. The molecule has 0 unspecified atom stereocenters. The molecule has 7 nitrogen and oxygen atoms in total. The van der Waals surface area contributed by atoms with Gasteiger partial charge in [-0.3, -0.25) is 9.59 Å². The van der Waals surface area contributed by atoms with E-state index < -0.39 is 24.5 Å². The Balaban J connectivity index is 2.51. The van der Waals surface area contributed by atoms with Gasteiger partial charge in [-0.25, -0.2) is 4.79 Å². The Labute approximate surface area is 145 Å². The maximum Gasteiger partial charge on any atom is 0.322 e. The lowest BCUT2D eigenvalue weighted by Crippen LogP contribution is -2.40. The molecule has 0 atom stereocenters. The minimum absolute atomic E-state index is 0.328. The van der Waals surface area contributed by atoms with Crippen LogP contribution in [0.3, 0.4) is 0 Å². The molecular formula is C11H10Br3N3O4. The van der Waals surface area contributed by atoms with Gasteiger partial charge in [-0.15, -0.1) is 0 Å². The molecular weight excluding hydrogens is 478 g/mol. The molecule has 1 aromatic rings. The van der Waals surface area contributed by atoms with Crippen molar-refractivity contribution in [3.8, 4) is 0 Å². The molecule has 1 rings (SSSR count). The van der Waals surface area contributed by atoms with E-state index in [0.717, 1.165) is 4.47 Å². The van der Waals surface area contributed by atoms with E-state index in [1.54, 1.807) is 12.1 Å². The van der Waals surface area contributed by atoms with E-state index in [0.29, 0.717) is 14.6 Å². The van der Waals surface area contributed by atoms with E-state index in [9.17, 15) is 14.4 Å². The molecule has 0 aliphatic rings. The van der Waals surface area contributed by atoms with Crippen LogP contribution in [0, 0.1) is 0 Å². The van der Waals surface area contributed by atoms with Crippen molar-refractivity contribution in [1.29, 1.82) is 0 Å². The Morgan fingerprint density at radius 3 is 2.10 bits per heavy atom. The first-order chi connectivity index (χ1) is 9.79. The number of carboxylic acid groups (broad SMARTS) is 1. The number of anilines is 1. The Bertz CT molecular complexity index is 557. The molecule has 0 spiro atoms. The molecule has 4 N–H and O–H groups in total. The third-order valence-corrected chi connectivity index (χ3v) is 3.80. The number of benzene rings is 1. The summed E-state index contributed by atoms with van der Waals surface area (Å²) in [7, 11) is 0. The van der Waals surface area contributed by atoms with Crippen LogP contribution in [0.2, 0.25) is 0 Å². The molecule has 0 heterocycles. The third-order valence-electron chi connectivity index (χ3n) is 2.09. The summed E-state index contributed by atoms with van der Waals surface area (Å²) in [6, 6.07) is 2.91. The first-order valence-corrected chi connectivity index (χ1v) is 7.85. The van der Waals surface area contributed by atoms with Crippen LogP contribution >= 0.6 is 47.8 Å². The molecule has 0 aromatic heterocycles. The number of carbonyl (C=O) groups excluding carboxylic acids is 2. The highest BCUT2D eigenvalue weighted by Gasteiger charge is 2.11. The van der Waals surface area contributed by atoms with Crippen molar-refractivity contribution in [3.63, 3.8) is 0 Å². The summed E-state index contributed by atoms with van der Waals surface area (Å²) in [5.41, 5.74) is 0.502. The Morgan fingerprint density at radius 1 is 1.00 bits per heavy atom. The van der Waals surface area contributed by atoms with Gasteiger partial charge >= 0.3 is 12.0 Å². The molecule has 114 valence electrons. The van der Waals surface area contributed by atoms with Gasteiger partial charge in [0, 0.05) is 13.4 Å². The molecule has 3 amide bonds. The van der Waals surface area contributed by atoms with Crippen molar-refractivity contribution < 1.29 is 19.5 Å². The summed E-state index contributed by atoms with van der Waals surface area (Å²) in [5.74, 6) is -1.75. The Hall–Kier alpha value is -1.13. The van der Waals surface area contributed by atoms with Gasteiger partial charge in [0.05, 0.1) is 12.2 Å². The maximum absolute atomic E-state index is 11.7. The van der Waals surface area contributed by atoms with Gasteiger partial charge < -0.3 is 21.1 Å². The SMILES string of the molecule is O=C(O)CNC(=O)CNC(=O)Nc1c(Br)cc(Br)cc1Br. The van der Waals surface area contributed by atoms with Gasteiger partial charge in [0.25, 0.3) is 0 Å². The number of hydrogen-bond acceptors (Lipinski definition) is 3. The molecule has 10 heteroatoms. The van der Waals surface area contributed by atoms with Crippen molar-refractivity contribution in [2.24, 2.45) is 0 Å². The number of carbonyl (C=O) groups is 3. The summed E-state index contributed by atoms with van der Waals surface area (Å²) in [6.07, 6.45) is 0. The van der Waals surface area contributed by atoms with E-state index in [1.807, 2.05) is 0 Å². The molecule has 0 saturated carbocycles. The number of halogens is 3. The summed E-state index contributed by atoms with van der Waals surface area (Å²) in [6.45, 7) is -0.823. The predicted octanol–water partition coefficient (Wildman–Crippen LogP) is 2.30. The highest BCUT2D eigenvalue weighted by molar-refractivity contribution is 9.11. The fraction of sp³-hybridized carbons (Fsp3) is 0.182. The van der Waals surface area contributed by atoms with Gasteiger partial charge in [-0.2, -0.15) is 0 Å². The molecule has 0 aliphatic carbocycles. The zero-order valence-electron chi connectivity index (χ0n) is 10.4. The second-order valence-corrected chi connectivity index (χ2v) is 6.35. The van der Waals surface area contributed by atoms with Crippen LogP contribution in [0.4, 0.5) is 10.5 Å². The topological polar surface area (TPSA) is 108 Å². The van der Waals surface area contributed by atoms with Crippen LogP contribution in [0.1, 0.15) is 0 Å². The number of rotatable bonds is 5. The fourth-order valence-corrected chi connectivity index (χ4v) is 3.67. The Kier molecular flexibility index (Phi) is 7.12. The van der Waals surface area contributed by atoms with E-state index in [1.165, 1.54) is 0 Å². The highest BCUT2D eigenvalue weighted by atomic mass is 79.9. The minimum atomic E-state index is -1.16. The van der Waals surface area contributed by atoms with Gasteiger partial charge in [-0.05, 0) is 44.0 Å². The predicted molar refractivity (Wildman–Crippen MR) is 87.2 cm³/mol. The molecule has 0 aliphatic heterocycles. The van der Waals surface area contributed by atoms with E-state index in [4.69, 9.17) is 5.11 Å². The first kappa shape index (κ1) is 17.9. The third kappa shape index (κ3) is 6.44. The average Bonchev–Trinajstić information content (AvgIpc) is 2.38. The zero-order chi connectivity index (χ0) is 16.0. The van der Waals surface area contributed by atoms with Gasteiger partial charge in [-0.1, -0.05) is 15.9 Å². The van der Waals surface area contributed by atoms with Crippen molar-refractivity contribution in [2.45, 2.75) is 0 Å². The molecule has 0 saturated heterocycles. The van der Waals surface area contributed by atoms with Crippen LogP contribution in [0.25, 0.3) is 0 Å². The number of carboxylic acids is 1. The number of hydrogen-bond donors (Lipinski definition) is 4. The van der Waals surface area contributed by atoms with Crippen LogP contribution in [0.5, 0.6) is 0 Å². The Morgan fingerprint density at radius 2 is 1.57 bits per heavy atom. The van der Waals surface area contributed by atoms with Gasteiger partial charge in [0.15, 0.2) is 0 Å². The first-order valence-electron chi connectivity index (χ1n) is 5.47. The maximum atomic E-state index is 11.7. The lowest BCUT2D eigenvalue weighted by Gasteiger charge is -2.11. The van der Waals surface area contributed by atoms with Gasteiger partial charge in [0.2, 0.25) is 5.91 Å². The molecule has 0 bridgehead atoms. The average molecular weight is 488 g/mol. The van der Waals surface area contributed by atoms with E-state index >= 15 is 0 Å². The zero-order valence-corrected chi connectivity index (χ0v) is 15.1. The second-order valence-electron chi connectivity index (χ2n) is 3.72. The van der Waals surface area contributed by atoms with Crippen LogP contribution < -0.4 is 16.0 Å². The summed E-state index contributed by atoms with van der Waals surface area (Å²) >= 11 is 9.90. The van der Waals surface area contributed by atoms with Crippen molar-refractivity contribution >= 4 is 71.4 Å². The summed E-state index contributed by atoms with van der Waals surface area (Å²) in [5, 5.41) is 15.4. The van der Waals surface area contributed by atoms with Crippen LogP contribution in [0.15, 0.2) is 25.6 Å². The van der Waals surface area contributed by atoms with Crippen molar-refractivity contribution in [2.75, 3.05) is 18.4 Å². The van der Waals surface area contributed by atoms with Crippen LogP contribution in [-0.4, -0.2) is 36.1 Å². The number of amides is 3. The van der Waals surface area contributed by atoms with E-state index in [-0.39, 0.29) is 6.54 Å². The van der Waals surface area contributed by atoms with Crippen molar-refractivity contribution in [3.05, 3.63) is 25.6 Å². The number of urea groups is 1. The summed E-state index contributed by atoms with van der Waals surface area (Å²) in [4.78, 5) is 33.2. The van der Waals surface area contributed by atoms with Crippen molar-refractivity contribution in [1.82, 2.24) is 10.6 Å². The lowest BCUT2D eigenvalue weighted by molar-refractivity contribution is -0.137. The quantitative estimate of drug-likeness (QED) is 0.511. The largest absolute Gasteiger partial charge is 0.480 e. The number of aliphatic carboxylic acids is 1. The normalized spacial score (nSPS) is 9.86. The number of nitrogens with one attached hydrogen (secondary N) is 3.